The van der Waals surface area contributed by atoms with E-state index in [0.29, 0.717) is 51.7 Å². The molecule has 234 valence electrons. The maximum Gasteiger partial charge on any atom is 0.387 e. The molecule has 0 unspecified atom stereocenters. The van der Waals surface area contributed by atoms with E-state index in [1.807, 2.05) is 12.1 Å². The van der Waals surface area contributed by atoms with Crippen molar-refractivity contribution in [2.75, 3.05) is 34.4 Å². The number of aromatic amines is 1. The SMILES string of the molecule is COc1ccc(CN(C)CC(=O)O[C@@H](Cc2c(Cl)c[nH+]cc2Cl)c2ccc(OC(F)F)c(OCC3CC3)c2)cc1OC.[OH-]. The van der Waals surface area contributed by atoms with Gasteiger partial charge in [0, 0.05) is 18.5 Å². The van der Waals surface area contributed by atoms with E-state index in [-0.39, 0.29) is 29.9 Å². The number of ether oxygens (including phenoxy) is 5. The van der Waals surface area contributed by atoms with Crippen LogP contribution in [0.1, 0.15) is 35.6 Å². The van der Waals surface area contributed by atoms with Gasteiger partial charge in [-0.2, -0.15) is 8.78 Å². The van der Waals surface area contributed by atoms with Crippen molar-refractivity contribution in [2.45, 2.75) is 38.5 Å². The molecule has 1 saturated carbocycles. The average Bonchev–Trinajstić information content (AvgIpc) is 3.78. The number of methoxy groups -OCH3 is 2. The maximum atomic E-state index is 13.2. The molecule has 1 aromatic heterocycles. The van der Waals surface area contributed by atoms with Crippen LogP contribution in [0.15, 0.2) is 48.8 Å². The smallest absolute Gasteiger partial charge is 0.387 e. The van der Waals surface area contributed by atoms with Crippen LogP contribution in [-0.2, 0) is 22.5 Å². The molecule has 4 rings (SSSR count). The van der Waals surface area contributed by atoms with Gasteiger partial charge in [0.15, 0.2) is 35.4 Å². The number of halogens is 4. The lowest BCUT2D eigenvalue weighted by atomic mass is 10.0. The molecule has 1 aliphatic rings. The van der Waals surface area contributed by atoms with E-state index in [9.17, 15) is 13.6 Å². The van der Waals surface area contributed by atoms with Crippen molar-refractivity contribution in [1.82, 2.24) is 4.90 Å². The molecule has 1 aliphatic carbocycles. The summed E-state index contributed by atoms with van der Waals surface area (Å²) in [4.78, 5) is 17.8. The lowest BCUT2D eigenvalue weighted by Crippen LogP contribution is -2.28. The van der Waals surface area contributed by atoms with Gasteiger partial charge < -0.3 is 29.2 Å². The first-order valence-corrected chi connectivity index (χ1v) is 14.1. The number of H-pyrrole nitrogens is 1. The van der Waals surface area contributed by atoms with Gasteiger partial charge in [-0.1, -0.05) is 35.3 Å². The number of rotatable bonds is 15. The fraction of sp³-hybridized carbons (Fsp3) is 0.400. The molecule has 1 atom stereocenters. The van der Waals surface area contributed by atoms with Crippen molar-refractivity contribution in [3.63, 3.8) is 0 Å². The fourth-order valence-electron chi connectivity index (χ4n) is 4.37. The predicted octanol–water partition coefficient (Wildman–Crippen LogP) is 6.00. The van der Waals surface area contributed by atoms with Gasteiger partial charge in [-0.05, 0) is 61.2 Å². The Morgan fingerprint density at radius 2 is 1.67 bits per heavy atom. The number of carbonyl (C=O) groups is 1. The molecule has 0 amide bonds. The summed E-state index contributed by atoms with van der Waals surface area (Å²) in [6.45, 7) is -2.25. The van der Waals surface area contributed by atoms with Crippen molar-refractivity contribution >= 4 is 29.2 Å². The second-order valence-corrected chi connectivity index (χ2v) is 10.8. The molecule has 1 fully saturated rings. The van der Waals surface area contributed by atoms with Crippen molar-refractivity contribution in [1.29, 1.82) is 0 Å². The number of aromatic nitrogens is 1. The Bertz CT molecular complexity index is 1360. The molecule has 0 aliphatic heterocycles. The lowest BCUT2D eigenvalue weighted by molar-refractivity contribution is -0.377. The Hall–Kier alpha value is -3.38. The summed E-state index contributed by atoms with van der Waals surface area (Å²) in [5.41, 5.74) is 1.98. The fourth-order valence-corrected chi connectivity index (χ4v) is 4.90. The molecule has 0 spiro atoms. The van der Waals surface area contributed by atoms with Gasteiger partial charge in [0.05, 0.1) is 27.4 Å². The van der Waals surface area contributed by atoms with Crippen LogP contribution in [0, 0.1) is 5.92 Å². The van der Waals surface area contributed by atoms with E-state index in [0.717, 1.165) is 18.4 Å². The van der Waals surface area contributed by atoms with Crippen molar-refractivity contribution in [3.8, 4) is 23.0 Å². The van der Waals surface area contributed by atoms with E-state index in [1.165, 1.54) is 6.07 Å². The first-order chi connectivity index (χ1) is 20.2. The van der Waals surface area contributed by atoms with E-state index in [1.54, 1.807) is 56.8 Å². The Morgan fingerprint density at radius 3 is 2.30 bits per heavy atom. The number of nitrogens with zero attached hydrogens (tertiary/aromatic N) is 1. The zero-order chi connectivity index (χ0) is 30.2. The molecule has 0 bridgehead atoms. The second kappa shape index (κ2) is 15.9. The van der Waals surface area contributed by atoms with E-state index in [4.69, 9.17) is 42.1 Å². The van der Waals surface area contributed by atoms with E-state index < -0.39 is 18.7 Å². The lowest BCUT2D eigenvalue weighted by Gasteiger charge is -2.23. The number of hydrogen-bond acceptors (Lipinski definition) is 8. The van der Waals surface area contributed by atoms with Crippen LogP contribution in [0.2, 0.25) is 10.0 Å². The quantitative estimate of drug-likeness (QED) is 0.186. The zero-order valence-corrected chi connectivity index (χ0v) is 25.5. The van der Waals surface area contributed by atoms with Gasteiger partial charge >= 0.3 is 12.6 Å². The highest BCUT2D eigenvalue weighted by Crippen LogP contribution is 2.38. The molecular weight excluding hydrogens is 609 g/mol. The normalized spacial score (nSPS) is 13.3. The highest BCUT2D eigenvalue weighted by Gasteiger charge is 2.26. The third kappa shape index (κ3) is 9.82. The highest BCUT2D eigenvalue weighted by molar-refractivity contribution is 6.35. The first kappa shape index (κ1) is 34.1. The molecule has 2 aromatic carbocycles. The zero-order valence-electron chi connectivity index (χ0n) is 23.9. The summed E-state index contributed by atoms with van der Waals surface area (Å²) in [6.07, 6.45) is 4.46. The van der Waals surface area contributed by atoms with Crippen LogP contribution in [0.4, 0.5) is 8.78 Å². The molecule has 13 heteroatoms. The molecule has 3 aromatic rings. The summed E-state index contributed by atoms with van der Waals surface area (Å²) in [5, 5.41) is 0.717. The van der Waals surface area contributed by atoms with Crippen LogP contribution < -0.4 is 23.9 Å². The van der Waals surface area contributed by atoms with Crippen LogP contribution in [0.5, 0.6) is 23.0 Å². The van der Waals surface area contributed by atoms with Gasteiger partial charge in [0.1, 0.15) is 16.1 Å². The Balaban J connectivity index is 0.00000506. The Kier molecular flexibility index (Phi) is 12.6. The van der Waals surface area contributed by atoms with Gasteiger partial charge in [0.25, 0.3) is 0 Å². The third-order valence-electron chi connectivity index (χ3n) is 6.69. The number of likely N-dealkylation sites (N-methyl/N-ethyl adjacent to an activating group) is 1. The molecule has 9 nitrogen and oxygen atoms in total. The minimum Gasteiger partial charge on any atom is -0.870 e. The number of carbonyl (C=O) groups excluding carboxylic acids is 1. The number of esters is 1. The van der Waals surface area contributed by atoms with Gasteiger partial charge in [-0.25, -0.2) is 4.98 Å². The van der Waals surface area contributed by atoms with Crippen molar-refractivity contribution in [2.24, 2.45) is 5.92 Å². The number of alkyl halides is 2. The highest BCUT2D eigenvalue weighted by atomic mass is 35.5. The standard InChI is InChI=1S/C30H32Cl2F2N2O6.H2O/c1-36(15-19-6-8-24(38-2)27(10-19)39-3)16-29(37)41-26(12-21-22(31)13-35-14-23(21)32)20-7-9-25(42-30(33)34)28(11-20)40-17-18-4-5-18;/h6-11,13-14,18,26,30H,4-5,12,15-17H2,1-3H3;1H2/t26-;/m0./s1. The van der Waals surface area contributed by atoms with E-state index in [2.05, 4.69) is 9.72 Å². The number of hydrogen-bond donors (Lipinski definition) is 0. The number of nitrogens with one attached hydrogen (secondary N) is 1. The summed E-state index contributed by atoms with van der Waals surface area (Å²) < 4.78 is 53.3. The third-order valence-corrected chi connectivity index (χ3v) is 7.36. The van der Waals surface area contributed by atoms with Crippen LogP contribution in [0.3, 0.4) is 0 Å². The molecule has 43 heavy (non-hydrogen) atoms. The molecular formula is C30H34Cl2F2N2O7. The minimum atomic E-state index is -3.02. The Morgan fingerprint density at radius 1 is 1.00 bits per heavy atom. The van der Waals surface area contributed by atoms with Crippen molar-refractivity contribution < 1.29 is 47.7 Å². The molecule has 0 saturated heterocycles. The second-order valence-electron chi connectivity index (χ2n) is 10.0. The average molecular weight is 644 g/mol. The number of pyridine rings is 1. The molecule has 0 radical (unpaired) electrons. The summed E-state index contributed by atoms with van der Waals surface area (Å²) in [6, 6.07) is 10.0. The topological polar surface area (TPSA) is 111 Å². The predicted molar refractivity (Wildman–Crippen MR) is 155 cm³/mol. The summed E-state index contributed by atoms with van der Waals surface area (Å²) >= 11 is 12.8. The van der Waals surface area contributed by atoms with Crippen molar-refractivity contribution in [3.05, 3.63) is 75.5 Å². The van der Waals surface area contributed by atoms with Gasteiger partial charge in [-0.15, -0.1) is 0 Å². The largest absolute Gasteiger partial charge is 0.870 e. The van der Waals surface area contributed by atoms with Crippen LogP contribution in [0.25, 0.3) is 0 Å². The van der Waals surface area contributed by atoms with Crippen LogP contribution in [-0.4, -0.2) is 57.4 Å². The molecule has 2 N–H and O–H groups in total. The first-order valence-electron chi connectivity index (χ1n) is 13.3. The molecule has 1 heterocycles. The van der Waals surface area contributed by atoms with Gasteiger partial charge in [-0.3, -0.25) is 9.69 Å². The maximum absolute atomic E-state index is 13.2. The van der Waals surface area contributed by atoms with Crippen LogP contribution >= 0.6 is 23.2 Å². The minimum absolute atomic E-state index is 0. The summed E-state index contributed by atoms with van der Waals surface area (Å²) in [7, 11) is 4.90. The monoisotopic (exact) mass is 642 g/mol. The summed E-state index contributed by atoms with van der Waals surface area (Å²) in [5.74, 6) is 1.10. The van der Waals surface area contributed by atoms with Gasteiger partial charge in [0.2, 0.25) is 0 Å². The van der Waals surface area contributed by atoms with E-state index >= 15 is 0 Å². The number of benzene rings is 2. The Labute approximate surface area is 258 Å².